The number of alkyl halides is 2. The number of nitrogens with one attached hydrogen (secondary N) is 1. The third-order valence-corrected chi connectivity index (χ3v) is 5.18. The molecular formula is C25H22F2N2O5. The number of carbonyl (C=O) groups is 1. The molecule has 0 aliphatic heterocycles. The van der Waals surface area contributed by atoms with E-state index in [9.17, 15) is 13.6 Å². The Morgan fingerprint density at radius 3 is 2.44 bits per heavy atom. The predicted octanol–water partition coefficient (Wildman–Crippen LogP) is 5.35. The monoisotopic (exact) mass is 468 g/mol. The molecule has 1 N–H and O–H groups in total. The number of hydrogen-bond donors (Lipinski definition) is 1. The lowest BCUT2D eigenvalue weighted by Gasteiger charge is -2.14. The maximum atomic E-state index is 13.3. The van der Waals surface area contributed by atoms with Gasteiger partial charge in [-0.15, -0.1) is 0 Å². The Morgan fingerprint density at radius 2 is 1.76 bits per heavy atom. The Labute approximate surface area is 194 Å². The first-order chi connectivity index (χ1) is 16.4. The van der Waals surface area contributed by atoms with Gasteiger partial charge in [-0.1, -0.05) is 18.2 Å². The lowest BCUT2D eigenvalue weighted by molar-refractivity contribution is -0.0504. The van der Waals surface area contributed by atoms with Crippen molar-refractivity contribution in [1.82, 2.24) is 10.3 Å². The summed E-state index contributed by atoms with van der Waals surface area (Å²) in [6.45, 7) is -1.18. The Hall–Kier alpha value is -4.14. The van der Waals surface area contributed by atoms with Gasteiger partial charge in [0.2, 0.25) is 0 Å². The van der Waals surface area contributed by atoms with E-state index in [0.717, 1.165) is 0 Å². The Bertz CT molecular complexity index is 1340. The van der Waals surface area contributed by atoms with Gasteiger partial charge in [-0.2, -0.15) is 8.78 Å². The number of aromatic nitrogens is 1. The predicted molar refractivity (Wildman–Crippen MR) is 122 cm³/mol. The van der Waals surface area contributed by atoms with E-state index in [1.807, 2.05) is 6.92 Å². The number of benzene rings is 2. The van der Waals surface area contributed by atoms with Gasteiger partial charge in [-0.05, 0) is 37.3 Å². The highest BCUT2D eigenvalue weighted by Gasteiger charge is 2.19. The van der Waals surface area contributed by atoms with Crippen molar-refractivity contribution in [2.75, 3.05) is 14.2 Å². The van der Waals surface area contributed by atoms with Crippen molar-refractivity contribution in [1.29, 1.82) is 0 Å². The van der Waals surface area contributed by atoms with Crippen molar-refractivity contribution in [2.24, 2.45) is 0 Å². The minimum absolute atomic E-state index is 0.00413. The lowest BCUT2D eigenvalue weighted by atomic mass is 10.0. The van der Waals surface area contributed by atoms with E-state index < -0.39 is 12.5 Å². The average Bonchev–Trinajstić information content (AvgIpc) is 3.27. The van der Waals surface area contributed by atoms with Gasteiger partial charge in [-0.3, -0.25) is 4.79 Å². The smallest absolute Gasteiger partial charge is 0.387 e. The van der Waals surface area contributed by atoms with E-state index in [1.54, 1.807) is 48.5 Å². The number of furan rings is 1. The van der Waals surface area contributed by atoms with Crippen molar-refractivity contribution in [3.8, 4) is 28.7 Å². The minimum Gasteiger partial charge on any atom is -0.493 e. The Kier molecular flexibility index (Phi) is 6.62. The number of carbonyl (C=O) groups excluding carboxylic acids is 1. The summed E-state index contributed by atoms with van der Waals surface area (Å²) in [5.41, 5.74) is 1.67. The molecule has 2 heterocycles. The number of pyridine rings is 1. The number of halogens is 2. The normalized spacial score (nSPS) is 11.0. The van der Waals surface area contributed by atoms with E-state index in [4.69, 9.17) is 13.9 Å². The summed E-state index contributed by atoms with van der Waals surface area (Å²) in [5.74, 6) is 1.65. The molecule has 0 saturated heterocycles. The molecule has 0 unspecified atom stereocenters. The lowest BCUT2D eigenvalue weighted by Crippen LogP contribution is -2.24. The highest BCUT2D eigenvalue weighted by molar-refractivity contribution is 6.07. The van der Waals surface area contributed by atoms with Crippen LogP contribution in [0.15, 0.2) is 59.0 Å². The number of nitrogens with zero attached hydrogens (tertiary/aromatic N) is 1. The van der Waals surface area contributed by atoms with Crippen LogP contribution in [0.25, 0.3) is 22.4 Å². The van der Waals surface area contributed by atoms with Gasteiger partial charge in [0.25, 0.3) is 5.91 Å². The first-order valence-corrected chi connectivity index (χ1v) is 10.3. The summed E-state index contributed by atoms with van der Waals surface area (Å²) in [5, 5.41) is 3.30. The maximum Gasteiger partial charge on any atom is 0.387 e. The molecule has 7 nitrogen and oxygen atoms in total. The molecule has 2 aromatic heterocycles. The summed E-state index contributed by atoms with van der Waals surface area (Å²) >= 11 is 0. The highest BCUT2D eigenvalue weighted by atomic mass is 19.3. The van der Waals surface area contributed by atoms with Crippen molar-refractivity contribution in [3.05, 3.63) is 71.5 Å². The number of ether oxygens (including phenoxy) is 3. The summed E-state index contributed by atoms with van der Waals surface area (Å²) in [7, 11) is 3.01. The first kappa shape index (κ1) is 23.0. The van der Waals surface area contributed by atoms with Crippen molar-refractivity contribution in [2.45, 2.75) is 20.1 Å². The van der Waals surface area contributed by atoms with E-state index in [-0.39, 0.29) is 12.3 Å². The second-order valence-corrected chi connectivity index (χ2v) is 7.36. The molecule has 9 heteroatoms. The topological polar surface area (TPSA) is 82.8 Å². The molecule has 0 aliphatic rings. The van der Waals surface area contributed by atoms with Crippen LogP contribution < -0.4 is 19.5 Å². The summed E-state index contributed by atoms with van der Waals surface area (Å²) in [6, 6.07) is 14.8. The van der Waals surface area contributed by atoms with Gasteiger partial charge in [0.1, 0.15) is 17.2 Å². The largest absolute Gasteiger partial charge is 0.493 e. The van der Waals surface area contributed by atoms with Gasteiger partial charge in [-0.25, -0.2) is 4.98 Å². The third-order valence-electron chi connectivity index (χ3n) is 5.18. The molecule has 0 bridgehead atoms. The quantitative estimate of drug-likeness (QED) is 0.375. The third kappa shape index (κ3) is 4.78. The second-order valence-electron chi connectivity index (χ2n) is 7.36. The molecule has 176 valence electrons. The molecule has 0 spiro atoms. The van der Waals surface area contributed by atoms with E-state index in [0.29, 0.717) is 50.7 Å². The van der Waals surface area contributed by atoms with Crippen LogP contribution in [-0.4, -0.2) is 31.7 Å². The number of amides is 1. The standard InChI is InChI=1S/C25H22F2N2O5/c1-14-8-9-21(33-14)19-10-17(16-11-22(31-2)23(32-3)12-18(16)29-19)24(30)28-13-15-6-4-5-7-20(15)34-25(26)27/h4-12,25H,13H2,1-3H3,(H,28,30). The average molecular weight is 468 g/mol. The van der Waals surface area contributed by atoms with Crippen molar-refractivity contribution in [3.63, 3.8) is 0 Å². The van der Waals surface area contributed by atoms with Crippen molar-refractivity contribution >= 4 is 16.8 Å². The van der Waals surface area contributed by atoms with E-state index in [2.05, 4.69) is 15.0 Å². The minimum atomic E-state index is -2.97. The van der Waals surface area contributed by atoms with E-state index in [1.165, 1.54) is 20.3 Å². The fourth-order valence-electron chi connectivity index (χ4n) is 3.57. The fraction of sp³-hybridized carbons (Fsp3) is 0.200. The van der Waals surface area contributed by atoms with Gasteiger partial charge in [0.15, 0.2) is 17.3 Å². The molecule has 0 atom stereocenters. The number of hydrogen-bond acceptors (Lipinski definition) is 6. The number of para-hydroxylation sites is 1. The van der Waals surface area contributed by atoms with E-state index >= 15 is 0 Å². The number of rotatable bonds is 8. The van der Waals surface area contributed by atoms with Crippen LogP contribution in [-0.2, 0) is 6.54 Å². The molecule has 0 radical (unpaired) electrons. The summed E-state index contributed by atoms with van der Waals surface area (Å²) in [6.07, 6.45) is 0. The fourth-order valence-corrected chi connectivity index (χ4v) is 3.57. The Balaban J connectivity index is 1.74. The van der Waals surface area contributed by atoms with Crippen LogP contribution >= 0.6 is 0 Å². The molecule has 34 heavy (non-hydrogen) atoms. The SMILES string of the molecule is COc1cc2nc(-c3ccc(C)o3)cc(C(=O)NCc3ccccc3OC(F)F)c2cc1OC. The summed E-state index contributed by atoms with van der Waals surface area (Å²) < 4.78 is 46.5. The molecule has 2 aromatic carbocycles. The highest BCUT2D eigenvalue weighted by Crippen LogP contribution is 2.35. The maximum absolute atomic E-state index is 13.3. The summed E-state index contributed by atoms with van der Waals surface area (Å²) in [4.78, 5) is 17.9. The number of methoxy groups -OCH3 is 2. The van der Waals surface area contributed by atoms with Crippen LogP contribution in [0.3, 0.4) is 0 Å². The molecule has 4 aromatic rings. The van der Waals surface area contributed by atoms with Crippen LogP contribution in [0.1, 0.15) is 21.7 Å². The second kappa shape index (κ2) is 9.78. The Morgan fingerprint density at radius 1 is 1.03 bits per heavy atom. The molecular weight excluding hydrogens is 446 g/mol. The zero-order valence-corrected chi connectivity index (χ0v) is 18.7. The number of fused-ring (bicyclic) bond motifs is 1. The number of aryl methyl sites for hydroxylation is 1. The van der Waals surface area contributed by atoms with Gasteiger partial charge in [0, 0.05) is 23.6 Å². The van der Waals surface area contributed by atoms with Crippen LogP contribution in [0.5, 0.6) is 17.2 Å². The van der Waals surface area contributed by atoms with Gasteiger partial charge >= 0.3 is 6.61 Å². The molecule has 1 amide bonds. The van der Waals surface area contributed by atoms with Crippen LogP contribution in [0.4, 0.5) is 8.78 Å². The van der Waals surface area contributed by atoms with Crippen LogP contribution in [0.2, 0.25) is 0 Å². The van der Waals surface area contributed by atoms with Gasteiger partial charge < -0.3 is 23.9 Å². The first-order valence-electron chi connectivity index (χ1n) is 10.3. The van der Waals surface area contributed by atoms with Crippen LogP contribution in [0, 0.1) is 6.92 Å². The molecule has 0 saturated carbocycles. The zero-order valence-electron chi connectivity index (χ0n) is 18.7. The van der Waals surface area contributed by atoms with Gasteiger partial charge in [0.05, 0.1) is 25.3 Å². The molecule has 0 aliphatic carbocycles. The molecule has 4 rings (SSSR count). The van der Waals surface area contributed by atoms with Crippen molar-refractivity contribution < 1.29 is 32.2 Å². The zero-order chi connectivity index (χ0) is 24.2. The molecule has 0 fully saturated rings.